The number of nitrogens with one attached hydrogen (secondary N) is 1. The van der Waals surface area contributed by atoms with Crippen molar-refractivity contribution < 1.29 is 4.92 Å². The SMILES string of the molecule is CN1CCN(C(C)(C)CNc2c([N+](=O)[O-])ncn2C)CC1. The molecule has 0 radical (unpaired) electrons. The molecule has 1 N–H and O–H groups in total. The number of hydrogen-bond acceptors (Lipinski definition) is 6. The minimum Gasteiger partial charge on any atom is -0.362 e. The number of piperazine rings is 1. The fourth-order valence-electron chi connectivity index (χ4n) is 2.58. The summed E-state index contributed by atoms with van der Waals surface area (Å²) in [5, 5.41) is 14.2. The van der Waals surface area contributed by atoms with Crippen LogP contribution in [0.1, 0.15) is 13.8 Å². The van der Waals surface area contributed by atoms with Crippen molar-refractivity contribution in [1.29, 1.82) is 0 Å². The summed E-state index contributed by atoms with van der Waals surface area (Å²) in [5.41, 5.74) is -0.0700. The van der Waals surface area contributed by atoms with Gasteiger partial charge in [-0.05, 0) is 30.8 Å². The van der Waals surface area contributed by atoms with Crippen LogP contribution >= 0.6 is 0 Å². The van der Waals surface area contributed by atoms with E-state index in [0.717, 1.165) is 26.2 Å². The number of likely N-dealkylation sites (N-methyl/N-ethyl adjacent to an activating group) is 1. The van der Waals surface area contributed by atoms with Gasteiger partial charge in [0.2, 0.25) is 12.1 Å². The van der Waals surface area contributed by atoms with Crippen molar-refractivity contribution in [3.05, 3.63) is 16.4 Å². The summed E-state index contributed by atoms with van der Waals surface area (Å²) < 4.78 is 1.65. The Morgan fingerprint density at radius 3 is 2.52 bits per heavy atom. The molecule has 1 aliphatic heterocycles. The molecule has 118 valence electrons. The normalized spacial score (nSPS) is 17.9. The quantitative estimate of drug-likeness (QED) is 0.638. The molecule has 21 heavy (non-hydrogen) atoms. The van der Waals surface area contributed by atoms with Gasteiger partial charge >= 0.3 is 5.82 Å². The fraction of sp³-hybridized carbons (Fsp3) is 0.769. The zero-order valence-electron chi connectivity index (χ0n) is 13.2. The minimum absolute atomic E-state index is 0.0700. The number of hydrogen-bond donors (Lipinski definition) is 1. The van der Waals surface area contributed by atoms with Crippen molar-refractivity contribution >= 4 is 11.6 Å². The first-order chi connectivity index (χ1) is 9.81. The van der Waals surface area contributed by atoms with E-state index in [-0.39, 0.29) is 11.4 Å². The first-order valence-corrected chi connectivity index (χ1v) is 7.14. The second-order valence-corrected chi connectivity index (χ2v) is 6.24. The van der Waals surface area contributed by atoms with Gasteiger partial charge in [0.15, 0.2) is 0 Å². The highest BCUT2D eigenvalue weighted by atomic mass is 16.6. The molecule has 0 saturated carbocycles. The molecule has 0 amide bonds. The number of rotatable bonds is 5. The largest absolute Gasteiger partial charge is 0.406 e. The van der Waals surface area contributed by atoms with Crippen LogP contribution in [-0.2, 0) is 7.05 Å². The van der Waals surface area contributed by atoms with Crippen LogP contribution in [0.15, 0.2) is 6.33 Å². The van der Waals surface area contributed by atoms with Gasteiger partial charge in [0, 0.05) is 45.3 Å². The van der Waals surface area contributed by atoms with Gasteiger partial charge in [-0.2, -0.15) is 0 Å². The molecule has 0 bridgehead atoms. The van der Waals surface area contributed by atoms with Crippen LogP contribution in [0.5, 0.6) is 0 Å². The third kappa shape index (κ3) is 3.51. The molecule has 0 aromatic carbocycles. The van der Waals surface area contributed by atoms with Crippen molar-refractivity contribution in [2.75, 3.05) is 45.1 Å². The minimum atomic E-state index is -0.453. The number of anilines is 1. The highest BCUT2D eigenvalue weighted by Gasteiger charge is 2.30. The number of nitro groups is 1. The Kier molecular flexibility index (Phi) is 4.48. The molecule has 0 atom stereocenters. The average Bonchev–Trinajstić information content (AvgIpc) is 2.78. The van der Waals surface area contributed by atoms with Crippen LogP contribution in [0.2, 0.25) is 0 Å². The van der Waals surface area contributed by atoms with Gasteiger partial charge in [-0.25, -0.2) is 0 Å². The third-order valence-corrected chi connectivity index (χ3v) is 4.14. The zero-order valence-corrected chi connectivity index (χ0v) is 13.2. The summed E-state index contributed by atoms with van der Waals surface area (Å²) in [7, 11) is 3.88. The Bertz CT molecular complexity index is 505. The lowest BCUT2D eigenvalue weighted by atomic mass is 10.0. The monoisotopic (exact) mass is 296 g/mol. The predicted molar refractivity (Wildman–Crippen MR) is 81.5 cm³/mol. The van der Waals surface area contributed by atoms with Gasteiger partial charge in [-0.3, -0.25) is 9.47 Å². The Hall–Kier alpha value is -1.67. The molecule has 0 aliphatic carbocycles. The third-order valence-electron chi connectivity index (χ3n) is 4.14. The van der Waals surface area contributed by atoms with Crippen molar-refractivity contribution in [2.24, 2.45) is 7.05 Å². The highest BCUT2D eigenvalue weighted by molar-refractivity contribution is 5.52. The fourth-order valence-corrected chi connectivity index (χ4v) is 2.58. The molecule has 8 nitrogen and oxygen atoms in total. The van der Waals surface area contributed by atoms with E-state index in [1.165, 1.54) is 6.33 Å². The predicted octanol–water partition coefficient (Wildman–Crippen LogP) is 0.766. The van der Waals surface area contributed by atoms with Crippen molar-refractivity contribution in [2.45, 2.75) is 19.4 Å². The first kappa shape index (κ1) is 15.7. The van der Waals surface area contributed by atoms with E-state index in [2.05, 4.69) is 41.0 Å². The average molecular weight is 296 g/mol. The topological polar surface area (TPSA) is 79.5 Å². The Labute approximate surface area is 124 Å². The molecular weight excluding hydrogens is 272 g/mol. The lowest BCUT2D eigenvalue weighted by Gasteiger charge is -2.43. The lowest BCUT2D eigenvalue weighted by molar-refractivity contribution is -0.388. The lowest BCUT2D eigenvalue weighted by Crippen LogP contribution is -2.56. The van der Waals surface area contributed by atoms with Crippen molar-refractivity contribution in [3.63, 3.8) is 0 Å². The summed E-state index contributed by atoms with van der Waals surface area (Å²) in [4.78, 5) is 19.1. The molecule has 0 unspecified atom stereocenters. The number of nitrogens with zero attached hydrogens (tertiary/aromatic N) is 5. The maximum Gasteiger partial charge on any atom is 0.406 e. The smallest absolute Gasteiger partial charge is 0.362 e. The molecule has 1 aliphatic rings. The molecule has 2 heterocycles. The maximum atomic E-state index is 11.0. The summed E-state index contributed by atoms with van der Waals surface area (Å²) in [5.74, 6) is 0.342. The van der Waals surface area contributed by atoms with Gasteiger partial charge in [-0.1, -0.05) is 0 Å². The standard InChI is InChI=1S/C13H24N6O2/c1-13(2,18-7-5-16(3)6-8-18)9-14-11-12(19(20)21)15-10-17(11)4/h10,14H,5-9H2,1-4H3. The van der Waals surface area contributed by atoms with Gasteiger partial charge in [-0.15, -0.1) is 0 Å². The van der Waals surface area contributed by atoms with Crippen LogP contribution in [0, 0.1) is 10.1 Å². The molecule has 1 aromatic rings. The Morgan fingerprint density at radius 2 is 1.95 bits per heavy atom. The summed E-state index contributed by atoms with van der Waals surface area (Å²) in [6.07, 6.45) is 1.46. The molecule has 8 heteroatoms. The second-order valence-electron chi connectivity index (χ2n) is 6.24. The van der Waals surface area contributed by atoms with E-state index < -0.39 is 4.92 Å². The highest BCUT2D eigenvalue weighted by Crippen LogP contribution is 2.23. The van der Waals surface area contributed by atoms with Crippen molar-refractivity contribution in [1.82, 2.24) is 19.4 Å². The summed E-state index contributed by atoms with van der Waals surface area (Å²) in [6, 6.07) is 0. The van der Waals surface area contributed by atoms with E-state index in [1.807, 2.05) is 0 Å². The van der Waals surface area contributed by atoms with Crippen molar-refractivity contribution in [3.8, 4) is 0 Å². The Balaban J connectivity index is 2.01. The van der Waals surface area contributed by atoms with Crippen LogP contribution in [0.3, 0.4) is 0 Å². The van der Waals surface area contributed by atoms with E-state index in [0.29, 0.717) is 12.4 Å². The number of imidazole rings is 1. The molecule has 1 saturated heterocycles. The van der Waals surface area contributed by atoms with E-state index in [4.69, 9.17) is 0 Å². The summed E-state index contributed by atoms with van der Waals surface area (Å²) >= 11 is 0. The van der Waals surface area contributed by atoms with Crippen LogP contribution in [-0.4, -0.2) is 69.6 Å². The molecule has 1 aromatic heterocycles. The summed E-state index contributed by atoms with van der Waals surface area (Å²) in [6.45, 7) is 9.08. The molecule has 2 rings (SSSR count). The molecule has 0 spiro atoms. The maximum absolute atomic E-state index is 11.0. The number of aryl methyl sites for hydroxylation is 1. The van der Waals surface area contributed by atoms with Gasteiger partial charge in [0.05, 0.1) is 0 Å². The van der Waals surface area contributed by atoms with Crippen LogP contribution in [0.25, 0.3) is 0 Å². The van der Waals surface area contributed by atoms with Gasteiger partial charge in [0.1, 0.15) is 0 Å². The van der Waals surface area contributed by atoms with E-state index >= 15 is 0 Å². The zero-order chi connectivity index (χ0) is 15.6. The first-order valence-electron chi connectivity index (χ1n) is 7.14. The molecule has 1 fully saturated rings. The van der Waals surface area contributed by atoms with Crippen LogP contribution in [0.4, 0.5) is 11.6 Å². The van der Waals surface area contributed by atoms with Gasteiger partial charge in [0.25, 0.3) is 0 Å². The Morgan fingerprint density at radius 1 is 1.33 bits per heavy atom. The van der Waals surface area contributed by atoms with E-state index in [9.17, 15) is 10.1 Å². The van der Waals surface area contributed by atoms with E-state index in [1.54, 1.807) is 11.6 Å². The van der Waals surface area contributed by atoms with Gasteiger partial charge < -0.3 is 20.3 Å². The number of aromatic nitrogens is 2. The van der Waals surface area contributed by atoms with Crippen LogP contribution < -0.4 is 5.32 Å². The molecular formula is C13H24N6O2. The second kappa shape index (κ2) is 5.98.